The summed E-state index contributed by atoms with van der Waals surface area (Å²) < 4.78 is 16.9. The largest absolute Gasteiger partial charge is 0.490 e. The number of carbonyl (C=O) groups excluding carboxylic acids is 1. The lowest BCUT2D eigenvalue weighted by atomic mass is 10.1. The minimum atomic E-state index is -0.208. The molecule has 0 bridgehead atoms. The van der Waals surface area contributed by atoms with E-state index in [1.165, 1.54) is 0 Å². The average Bonchev–Trinajstić information content (AvgIpc) is 3.07. The van der Waals surface area contributed by atoms with Crippen LogP contribution in [0, 0.1) is 6.92 Å². The standard InChI is InChI=1S/C22H25NO4/c1-4-25-18-9-7-16(13-20(18)26-5-2)10-11-23-22(24)21-14-17-8-6-15(3)12-19(17)27-21/h6-9,12-14H,4-5,10-11H2,1-3H3,(H,23,24). The highest BCUT2D eigenvalue weighted by atomic mass is 16.5. The van der Waals surface area contributed by atoms with Crippen molar-refractivity contribution in [3.8, 4) is 11.5 Å². The molecule has 0 atom stereocenters. The van der Waals surface area contributed by atoms with E-state index in [1.807, 2.05) is 57.2 Å². The lowest BCUT2D eigenvalue weighted by molar-refractivity contribution is 0.0928. The molecule has 1 heterocycles. The van der Waals surface area contributed by atoms with Crippen molar-refractivity contribution < 1.29 is 18.7 Å². The number of furan rings is 1. The maximum atomic E-state index is 12.3. The van der Waals surface area contributed by atoms with Gasteiger partial charge in [-0.2, -0.15) is 0 Å². The molecule has 1 amide bonds. The van der Waals surface area contributed by atoms with Gasteiger partial charge in [-0.25, -0.2) is 0 Å². The third-order valence-corrected chi connectivity index (χ3v) is 4.21. The number of ether oxygens (including phenoxy) is 2. The zero-order valence-electron chi connectivity index (χ0n) is 16.0. The van der Waals surface area contributed by atoms with Crippen LogP contribution in [0.25, 0.3) is 11.0 Å². The van der Waals surface area contributed by atoms with Crippen molar-refractivity contribution in [3.63, 3.8) is 0 Å². The molecule has 0 saturated heterocycles. The molecule has 0 unspecified atom stereocenters. The quantitative estimate of drug-likeness (QED) is 0.636. The number of benzene rings is 2. The van der Waals surface area contributed by atoms with E-state index in [0.29, 0.717) is 31.9 Å². The van der Waals surface area contributed by atoms with Crippen molar-refractivity contribution in [1.82, 2.24) is 5.32 Å². The number of hydrogen-bond acceptors (Lipinski definition) is 4. The number of amides is 1. The summed E-state index contributed by atoms with van der Waals surface area (Å²) in [6.45, 7) is 7.55. The summed E-state index contributed by atoms with van der Waals surface area (Å²) in [5, 5.41) is 3.84. The van der Waals surface area contributed by atoms with Gasteiger partial charge in [0, 0.05) is 11.9 Å². The average molecular weight is 367 g/mol. The van der Waals surface area contributed by atoms with Crippen molar-refractivity contribution in [1.29, 1.82) is 0 Å². The fraction of sp³-hybridized carbons (Fsp3) is 0.318. The summed E-state index contributed by atoms with van der Waals surface area (Å²) in [6.07, 6.45) is 0.692. The minimum absolute atomic E-state index is 0.208. The third-order valence-electron chi connectivity index (χ3n) is 4.21. The van der Waals surface area contributed by atoms with Crippen molar-refractivity contribution in [2.24, 2.45) is 0 Å². The maximum Gasteiger partial charge on any atom is 0.287 e. The molecule has 3 aromatic rings. The van der Waals surface area contributed by atoms with E-state index >= 15 is 0 Å². The minimum Gasteiger partial charge on any atom is -0.490 e. The Balaban J connectivity index is 1.61. The molecular weight excluding hydrogens is 342 g/mol. The van der Waals surface area contributed by atoms with Gasteiger partial charge in [0.05, 0.1) is 13.2 Å². The molecule has 0 spiro atoms. The molecule has 0 aliphatic rings. The number of rotatable bonds is 8. The molecule has 27 heavy (non-hydrogen) atoms. The Morgan fingerprint density at radius 3 is 2.56 bits per heavy atom. The second-order valence-electron chi connectivity index (χ2n) is 6.30. The van der Waals surface area contributed by atoms with Crippen LogP contribution in [0.1, 0.15) is 35.5 Å². The number of fused-ring (bicyclic) bond motifs is 1. The molecule has 3 rings (SSSR count). The fourth-order valence-corrected chi connectivity index (χ4v) is 2.91. The first-order valence-corrected chi connectivity index (χ1v) is 9.27. The van der Waals surface area contributed by atoms with E-state index in [0.717, 1.165) is 33.6 Å². The molecule has 5 heteroatoms. The van der Waals surface area contributed by atoms with Crippen LogP contribution in [0.3, 0.4) is 0 Å². The summed E-state index contributed by atoms with van der Waals surface area (Å²) in [5.74, 6) is 1.60. The molecule has 142 valence electrons. The molecule has 1 aromatic heterocycles. The monoisotopic (exact) mass is 367 g/mol. The predicted molar refractivity (Wildman–Crippen MR) is 106 cm³/mol. The summed E-state index contributed by atoms with van der Waals surface area (Å²) in [4.78, 5) is 12.3. The predicted octanol–water partition coefficient (Wildman–Crippen LogP) is 4.51. The second-order valence-corrected chi connectivity index (χ2v) is 6.30. The lowest BCUT2D eigenvalue weighted by Gasteiger charge is -2.12. The molecule has 5 nitrogen and oxygen atoms in total. The van der Waals surface area contributed by atoms with Crippen LogP contribution in [0.2, 0.25) is 0 Å². The Morgan fingerprint density at radius 1 is 1.00 bits per heavy atom. The highest BCUT2D eigenvalue weighted by molar-refractivity contribution is 5.96. The molecule has 0 aliphatic carbocycles. The van der Waals surface area contributed by atoms with Crippen LogP contribution in [0.15, 0.2) is 46.9 Å². The zero-order chi connectivity index (χ0) is 19.2. The highest BCUT2D eigenvalue weighted by Crippen LogP contribution is 2.28. The highest BCUT2D eigenvalue weighted by Gasteiger charge is 2.12. The summed E-state index contributed by atoms with van der Waals surface area (Å²) in [6, 6.07) is 13.5. The first-order valence-electron chi connectivity index (χ1n) is 9.27. The Bertz CT molecular complexity index is 929. The van der Waals surface area contributed by atoms with Crippen LogP contribution in [-0.2, 0) is 6.42 Å². The van der Waals surface area contributed by atoms with Crippen LogP contribution in [0.4, 0.5) is 0 Å². The Morgan fingerprint density at radius 2 is 1.78 bits per heavy atom. The van der Waals surface area contributed by atoms with E-state index < -0.39 is 0 Å². The first kappa shape index (κ1) is 18.8. The normalized spacial score (nSPS) is 10.8. The summed E-state index contributed by atoms with van der Waals surface area (Å²) in [7, 11) is 0. The Hall–Kier alpha value is -2.95. The molecule has 0 fully saturated rings. The van der Waals surface area contributed by atoms with Gasteiger partial charge in [-0.3, -0.25) is 4.79 Å². The fourth-order valence-electron chi connectivity index (χ4n) is 2.91. The van der Waals surface area contributed by atoms with Crippen LogP contribution in [0.5, 0.6) is 11.5 Å². The van der Waals surface area contributed by atoms with Gasteiger partial charge in [0.1, 0.15) is 5.58 Å². The molecule has 1 N–H and O–H groups in total. The molecule has 2 aromatic carbocycles. The Kier molecular flexibility index (Phi) is 6.01. The number of hydrogen-bond donors (Lipinski definition) is 1. The maximum absolute atomic E-state index is 12.3. The molecular formula is C22H25NO4. The third kappa shape index (κ3) is 4.61. The van der Waals surface area contributed by atoms with Crippen molar-refractivity contribution in [2.45, 2.75) is 27.2 Å². The van der Waals surface area contributed by atoms with Crippen molar-refractivity contribution >= 4 is 16.9 Å². The zero-order valence-corrected chi connectivity index (χ0v) is 16.0. The lowest BCUT2D eigenvalue weighted by Crippen LogP contribution is -2.25. The first-order chi connectivity index (χ1) is 13.1. The van der Waals surface area contributed by atoms with Gasteiger partial charge in [-0.1, -0.05) is 18.2 Å². The van der Waals surface area contributed by atoms with Crippen molar-refractivity contribution in [2.75, 3.05) is 19.8 Å². The topological polar surface area (TPSA) is 60.7 Å². The van der Waals surface area contributed by atoms with Gasteiger partial charge in [-0.05, 0) is 62.6 Å². The van der Waals surface area contributed by atoms with E-state index in [-0.39, 0.29) is 5.91 Å². The second kappa shape index (κ2) is 8.62. The van der Waals surface area contributed by atoms with Gasteiger partial charge < -0.3 is 19.2 Å². The van der Waals surface area contributed by atoms with Crippen molar-refractivity contribution in [3.05, 3.63) is 59.4 Å². The van der Waals surface area contributed by atoms with Gasteiger partial charge >= 0.3 is 0 Å². The SMILES string of the molecule is CCOc1ccc(CCNC(=O)c2cc3ccc(C)cc3o2)cc1OCC. The number of nitrogens with one attached hydrogen (secondary N) is 1. The van der Waals surface area contributed by atoms with E-state index in [9.17, 15) is 4.79 Å². The van der Waals surface area contributed by atoms with Gasteiger partial charge in [0.15, 0.2) is 17.3 Å². The Labute approximate surface area is 159 Å². The van der Waals surface area contributed by atoms with Gasteiger partial charge in [0.25, 0.3) is 5.91 Å². The van der Waals surface area contributed by atoms with E-state index in [4.69, 9.17) is 13.9 Å². The van der Waals surface area contributed by atoms with Crippen LogP contribution < -0.4 is 14.8 Å². The summed E-state index contributed by atoms with van der Waals surface area (Å²) in [5.41, 5.74) is 2.90. The van der Waals surface area contributed by atoms with Crippen LogP contribution >= 0.6 is 0 Å². The smallest absolute Gasteiger partial charge is 0.287 e. The molecule has 0 radical (unpaired) electrons. The van der Waals surface area contributed by atoms with E-state index in [2.05, 4.69) is 5.32 Å². The van der Waals surface area contributed by atoms with Gasteiger partial charge in [0.2, 0.25) is 0 Å². The van der Waals surface area contributed by atoms with Gasteiger partial charge in [-0.15, -0.1) is 0 Å². The molecule has 0 saturated carbocycles. The van der Waals surface area contributed by atoms with Crippen LogP contribution in [-0.4, -0.2) is 25.7 Å². The number of carbonyl (C=O) groups is 1. The van der Waals surface area contributed by atoms with E-state index in [1.54, 1.807) is 6.07 Å². The number of aryl methyl sites for hydroxylation is 1. The summed E-state index contributed by atoms with van der Waals surface area (Å²) >= 11 is 0. The molecule has 0 aliphatic heterocycles.